The average molecular weight is 340 g/mol. The van der Waals surface area contributed by atoms with Gasteiger partial charge in [0.1, 0.15) is 12.2 Å². The Hall–Kier alpha value is -2.85. The fourth-order valence-corrected chi connectivity index (χ4v) is 5.20. The molecule has 4 heteroatoms. The van der Waals surface area contributed by atoms with E-state index < -0.39 is 0 Å². The molecule has 0 fully saturated rings. The molecule has 1 atom stereocenters. The van der Waals surface area contributed by atoms with Gasteiger partial charge in [0.2, 0.25) is 0 Å². The maximum absolute atomic E-state index is 4.64. The minimum Gasteiger partial charge on any atom is -0.244 e. The molecular formula is C21H14N3S+. The molecule has 1 aliphatic heterocycles. The Balaban J connectivity index is 1.74. The second-order valence-corrected chi connectivity index (χ2v) is 7.65. The molecule has 6 rings (SSSR count). The van der Waals surface area contributed by atoms with Crippen LogP contribution in [0.15, 0.2) is 60.9 Å². The summed E-state index contributed by atoms with van der Waals surface area (Å²) in [4.78, 5) is 9.23. The van der Waals surface area contributed by atoms with Gasteiger partial charge in [-0.15, -0.1) is 11.3 Å². The lowest BCUT2D eigenvalue weighted by Crippen LogP contribution is -2.38. The van der Waals surface area contributed by atoms with Gasteiger partial charge in [-0.05, 0) is 42.2 Å². The highest BCUT2D eigenvalue weighted by atomic mass is 32.1. The predicted molar refractivity (Wildman–Crippen MR) is 102 cm³/mol. The molecule has 5 aromatic rings. The van der Waals surface area contributed by atoms with Crippen LogP contribution in [0.3, 0.4) is 0 Å². The Morgan fingerprint density at radius 2 is 1.88 bits per heavy atom. The molecule has 0 amide bonds. The van der Waals surface area contributed by atoms with Gasteiger partial charge in [-0.2, -0.15) is 0 Å². The largest absolute Gasteiger partial charge is 0.349 e. The highest BCUT2D eigenvalue weighted by Gasteiger charge is 2.33. The minimum atomic E-state index is 0.264. The van der Waals surface area contributed by atoms with Crippen LogP contribution in [0.4, 0.5) is 0 Å². The normalized spacial score (nSPS) is 15.8. The van der Waals surface area contributed by atoms with E-state index in [4.69, 9.17) is 0 Å². The summed E-state index contributed by atoms with van der Waals surface area (Å²) in [6.07, 6.45) is 3.84. The number of benzene rings is 2. The number of nitrogens with zero attached hydrogens (tertiary/aromatic N) is 3. The van der Waals surface area contributed by atoms with Crippen LogP contribution in [0.2, 0.25) is 0 Å². The number of thiophene rings is 1. The average Bonchev–Trinajstić information content (AvgIpc) is 3.16. The Kier molecular flexibility index (Phi) is 2.48. The van der Waals surface area contributed by atoms with Crippen LogP contribution >= 0.6 is 11.3 Å². The van der Waals surface area contributed by atoms with Crippen molar-refractivity contribution in [2.45, 2.75) is 13.0 Å². The number of pyridine rings is 1. The number of hydrogen-bond donors (Lipinski definition) is 0. The molecule has 3 nitrogen and oxygen atoms in total. The molecular weight excluding hydrogens is 326 g/mol. The molecule has 0 saturated carbocycles. The van der Waals surface area contributed by atoms with Crippen LogP contribution in [0, 0.1) is 0 Å². The zero-order valence-corrected chi connectivity index (χ0v) is 14.4. The van der Waals surface area contributed by atoms with Crippen molar-refractivity contribution in [2.24, 2.45) is 0 Å². The third-order valence-corrected chi connectivity index (χ3v) is 6.38. The lowest BCUT2D eigenvalue weighted by molar-refractivity contribution is -0.671. The maximum atomic E-state index is 4.64. The molecule has 118 valence electrons. The Morgan fingerprint density at radius 1 is 0.960 bits per heavy atom. The molecule has 0 bridgehead atoms. The van der Waals surface area contributed by atoms with Crippen LogP contribution < -0.4 is 4.57 Å². The lowest BCUT2D eigenvalue weighted by atomic mass is 10.0. The van der Waals surface area contributed by atoms with Crippen molar-refractivity contribution in [1.29, 1.82) is 0 Å². The summed E-state index contributed by atoms with van der Waals surface area (Å²) in [5.41, 5.74) is 5.70. The van der Waals surface area contributed by atoms with Gasteiger partial charge in [0.15, 0.2) is 11.2 Å². The van der Waals surface area contributed by atoms with Gasteiger partial charge in [0, 0.05) is 31.3 Å². The molecule has 2 aromatic carbocycles. The second-order valence-electron chi connectivity index (χ2n) is 6.57. The van der Waals surface area contributed by atoms with Crippen molar-refractivity contribution in [1.82, 2.24) is 9.97 Å². The standard InChI is InChI=1S/C21H14N3S/c1-12-14-10-20-16(13-5-2-3-7-19(13)25-20)9-15(14)18-11-23-17-6-4-8-22-21(17)24(12)18/h2-12H,1H3/q+1. The van der Waals surface area contributed by atoms with E-state index in [1.165, 1.54) is 31.3 Å². The first-order valence-electron chi connectivity index (χ1n) is 8.42. The monoisotopic (exact) mass is 340 g/mol. The van der Waals surface area contributed by atoms with E-state index in [0.29, 0.717) is 0 Å². The Morgan fingerprint density at radius 3 is 2.84 bits per heavy atom. The molecule has 1 aliphatic rings. The van der Waals surface area contributed by atoms with E-state index >= 15 is 0 Å². The van der Waals surface area contributed by atoms with Crippen molar-refractivity contribution in [3.63, 3.8) is 0 Å². The van der Waals surface area contributed by atoms with Gasteiger partial charge in [-0.1, -0.05) is 18.2 Å². The molecule has 25 heavy (non-hydrogen) atoms. The van der Waals surface area contributed by atoms with Crippen molar-refractivity contribution in [2.75, 3.05) is 0 Å². The van der Waals surface area contributed by atoms with E-state index in [0.717, 1.165) is 16.9 Å². The van der Waals surface area contributed by atoms with Crippen LogP contribution in [-0.4, -0.2) is 9.97 Å². The van der Waals surface area contributed by atoms with Gasteiger partial charge in [-0.3, -0.25) is 0 Å². The second kappa shape index (κ2) is 4.61. The van der Waals surface area contributed by atoms with Gasteiger partial charge < -0.3 is 0 Å². The summed E-state index contributed by atoms with van der Waals surface area (Å²) in [6, 6.07) is 17.6. The van der Waals surface area contributed by atoms with Crippen molar-refractivity contribution >= 4 is 42.7 Å². The SMILES string of the molecule is CC1c2cc3sc4ccccc4c3cc2-c2cnc3cccnc3[n+]21. The minimum absolute atomic E-state index is 0.264. The fourth-order valence-electron chi connectivity index (χ4n) is 4.07. The van der Waals surface area contributed by atoms with Gasteiger partial charge in [0.25, 0.3) is 0 Å². The van der Waals surface area contributed by atoms with Gasteiger partial charge in [-0.25, -0.2) is 9.55 Å². The molecule has 0 N–H and O–H groups in total. The molecule has 0 saturated heterocycles. The number of hydrogen-bond acceptors (Lipinski definition) is 3. The Bertz CT molecular complexity index is 1320. The first-order chi connectivity index (χ1) is 12.3. The Labute approximate surface area is 148 Å². The molecule has 0 aliphatic carbocycles. The van der Waals surface area contributed by atoms with Crippen molar-refractivity contribution in [3.05, 3.63) is 66.5 Å². The van der Waals surface area contributed by atoms with E-state index in [1.807, 2.05) is 35.9 Å². The molecule has 1 unspecified atom stereocenters. The summed E-state index contributed by atoms with van der Waals surface area (Å²) < 4.78 is 5.02. The quantitative estimate of drug-likeness (QED) is 0.376. The molecule has 0 radical (unpaired) electrons. The van der Waals surface area contributed by atoms with Crippen LogP contribution in [-0.2, 0) is 0 Å². The highest BCUT2D eigenvalue weighted by molar-refractivity contribution is 7.25. The zero-order valence-electron chi connectivity index (χ0n) is 13.6. The smallest absolute Gasteiger partial charge is 0.244 e. The van der Waals surface area contributed by atoms with Crippen molar-refractivity contribution in [3.8, 4) is 11.3 Å². The lowest BCUT2D eigenvalue weighted by Gasteiger charge is -2.05. The summed E-state index contributed by atoms with van der Waals surface area (Å²) in [7, 11) is 0. The van der Waals surface area contributed by atoms with Crippen LogP contribution in [0.5, 0.6) is 0 Å². The summed E-state index contributed by atoms with van der Waals surface area (Å²) in [5, 5.41) is 2.67. The van der Waals surface area contributed by atoms with E-state index in [9.17, 15) is 0 Å². The predicted octanol–water partition coefficient (Wildman–Crippen LogP) is 4.87. The van der Waals surface area contributed by atoms with E-state index in [1.54, 1.807) is 0 Å². The maximum Gasteiger partial charge on any atom is 0.349 e. The molecule has 4 heterocycles. The molecule has 0 spiro atoms. The van der Waals surface area contributed by atoms with E-state index in [-0.39, 0.29) is 6.04 Å². The highest BCUT2D eigenvalue weighted by Crippen LogP contribution is 2.42. The first kappa shape index (κ1) is 13.4. The third kappa shape index (κ3) is 1.67. The first-order valence-corrected chi connectivity index (χ1v) is 9.24. The zero-order chi connectivity index (χ0) is 16.5. The van der Waals surface area contributed by atoms with Crippen LogP contribution in [0.25, 0.3) is 42.6 Å². The number of aromatic nitrogens is 3. The summed E-state index contributed by atoms with van der Waals surface area (Å²) >= 11 is 1.87. The number of fused-ring (bicyclic) bond motifs is 8. The number of rotatable bonds is 0. The summed E-state index contributed by atoms with van der Waals surface area (Å²) in [6.45, 7) is 2.25. The third-order valence-electron chi connectivity index (χ3n) is 5.24. The van der Waals surface area contributed by atoms with Crippen LogP contribution in [0.1, 0.15) is 18.5 Å². The molecule has 3 aromatic heterocycles. The van der Waals surface area contributed by atoms with E-state index in [2.05, 4.69) is 57.9 Å². The topological polar surface area (TPSA) is 29.7 Å². The summed E-state index contributed by atoms with van der Waals surface area (Å²) in [5.74, 6) is 0. The van der Waals surface area contributed by atoms with Crippen molar-refractivity contribution < 1.29 is 4.57 Å². The fraction of sp³-hybridized carbons (Fsp3) is 0.0952. The van der Waals surface area contributed by atoms with Gasteiger partial charge in [0.05, 0.1) is 6.20 Å². The van der Waals surface area contributed by atoms with Gasteiger partial charge >= 0.3 is 5.65 Å².